The monoisotopic (exact) mass is 425 g/mol. The summed E-state index contributed by atoms with van der Waals surface area (Å²) in [6, 6.07) is 24.7. The van der Waals surface area contributed by atoms with Gasteiger partial charge in [-0.3, -0.25) is 4.57 Å². The van der Waals surface area contributed by atoms with Gasteiger partial charge in [0.25, 0.3) is 0 Å². The topological polar surface area (TPSA) is 38.7 Å². The fraction of sp³-hybridized carbons (Fsp3) is 0.0952. The van der Waals surface area contributed by atoms with Crippen molar-refractivity contribution in [3.8, 4) is 0 Å². The molecule has 0 saturated heterocycles. The third kappa shape index (κ3) is 3.27. The lowest BCUT2D eigenvalue weighted by molar-refractivity contribution is 0.348. The number of rotatable bonds is 4. The van der Waals surface area contributed by atoms with Crippen LogP contribution < -0.4 is 10.6 Å². The lowest BCUT2D eigenvalue weighted by Crippen LogP contribution is -2.17. The summed E-state index contributed by atoms with van der Waals surface area (Å²) in [5.74, 6) is 0. The Kier molecular flexibility index (Phi) is 4.80. The summed E-state index contributed by atoms with van der Waals surface area (Å²) in [7, 11) is -3.30. The summed E-state index contributed by atoms with van der Waals surface area (Å²) in [6.07, 6.45) is 1.71. The van der Waals surface area contributed by atoms with E-state index < -0.39 is 7.37 Å². The average molecular weight is 426 g/mol. The molecule has 0 heterocycles. The van der Waals surface area contributed by atoms with Gasteiger partial charge in [-0.15, -0.1) is 0 Å². The zero-order chi connectivity index (χ0) is 18.0. The smallest absolute Gasteiger partial charge is 0.330 e. The molecule has 26 heavy (non-hydrogen) atoms. The molecule has 4 rings (SSSR count). The van der Waals surface area contributed by atoms with Crippen LogP contribution in [-0.2, 0) is 15.6 Å². The number of hydrogen-bond donors (Lipinski definition) is 0. The van der Waals surface area contributed by atoms with Crippen molar-refractivity contribution >= 4 is 39.6 Å². The van der Waals surface area contributed by atoms with Crippen LogP contribution in [0.4, 0.5) is 0 Å². The quantitative estimate of drug-likeness (QED) is 0.433. The molecule has 130 valence electrons. The van der Waals surface area contributed by atoms with E-state index in [0.29, 0.717) is 10.6 Å². The molecular weight excluding hydrogens is 409 g/mol. The molecule has 0 radical (unpaired) electrons. The second kappa shape index (κ2) is 7.22. The van der Waals surface area contributed by atoms with E-state index in [2.05, 4.69) is 27.2 Å². The number of aryl methyl sites for hydroxylation is 1. The molecule has 1 aliphatic rings. The molecule has 0 N–H and O–H groups in total. The minimum absolute atomic E-state index is 0.642. The Morgan fingerprint density at radius 1 is 0.846 bits per heavy atom. The number of halogens is 1. The van der Waals surface area contributed by atoms with Crippen LogP contribution in [0.2, 0.25) is 0 Å². The van der Waals surface area contributed by atoms with E-state index in [1.807, 2.05) is 72.8 Å². The Balaban J connectivity index is 1.74. The Morgan fingerprint density at radius 3 is 2.08 bits per heavy atom. The first kappa shape index (κ1) is 17.3. The predicted octanol–water partition coefficient (Wildman–Crippen LogP) is 5.05. The highest BCUT2D eigenvalue weighted by Crippen LogP contribution is 2.45. The highest BCUT2D eigenvalue weighted by atomic mass is 79.9. The summed E-state index contributed by atoms with van der Waals surface area (Å²) in [5, 5.41) is 5.65. The first-order chi connectivity index (χ1) is 12.7. The molecule has 3 aromatic rings. The standard InChI is InChI=1S/C21H17BrNO2P/c22-17-13-11-16-12-14-21(20(16)15-17)23-25-26(24,18-7-3-1-4-8-18)19-9-5-2-6-10-19/h1-11,13,15H,12,14H2/b23-21+. The molecule has 0 bridgehead atoms. The lowest BCUT2D eigenvalue weighted by atomic mass is 10.1. The Hall–Kier alpha value is -2.16. The van der Waals surface area contributed by atoms with E-state index in [9.17, 15) is 4.57 Å². The SMILES string of the molecule is O=P(O/N=C1\CCc2ccc(Br)cc21)(c1ccccc1)c1ccccc1. The highest BCUT2D eigenvalue weighted by molar-refractivity contribution is 9.10. The summed E-state index contributed by atoms with van der Waals surface area (Å²) in [4.78, 5) is 0. The second-order valence-corrected chi connectivity index (χ2v) is 9.36. The maximum absolute atomic E-state index is 13.8. The fourth-order valence-electron chi connectivity index (χ4n) is 3.12. The van der Waals surface area contributed by atoms with E-state index in [1.54, 1.807) is 0 Å². The van der Waals surface area contributed by atoms with Crippen LogP contribution in [0.25, 0.3) is 0 Å². The van der Waals surface area contributed by atoms with Gasteiger partial charge >= 0.3 is 7.37 Å². The second-order valence-electron chi connectivity index (χ2n) is 6.14. The van der Waals surface area contributed by atoms with Crippen LogP contribution >= 0.6 is 23.3 Å². The van der Waals surface area contributed by atoms with Crippen molar-refractivity contribution < 1.29 is 9.19 Å². The van der Waals surface area contributed by atoms with Crippen molar-refractivity contribution in [1.82, 2.24) is 0 Å². The van der Waals surface area contributed by atoms with Gasteiger partial charge in [0.15, 0.2) is 0 Å². The molecule has 3 aromatic carbocycles. The van der Waals surface area contributed by atoms with Crippen molar-refractivity contribution in [1.29, 1.82) is 0 Å². The molecule has 0 aliphatic heterocycles. The van der Waals surface area contributed by atoms with E-state index in [4.69, 9.17) is 4.62 Å². The normalized spacial score (nSPS) is 15.0. The van der Waals surface area contributed by atoms with Crippen LogP contribution in [0, 0.1) is 0 Å². The molecule has 0 spiro atoms. The highest BCUT2D eigenvalue weighted by Gasteiger charge is 2.31. The Bertz CT molecular complexity index is 960. The van der Waals surface area contributed by atoms with Gasteiger partial charge in [-0.1, -0.05) is 63.6 Å². The van der Waals surface area contributed by atoms with E-state index in [0.717, 1.165) is 28.6 Å². The van der Waals surface area contributed by atoms with Crippen LogP contribution in [0.5, 0.6) is 0 Å². The van der Waals surface area contributed by atoms with Gasteiger partial charge in [-0.25, -0.2) is 0 Å². The molecule has 0 aromatic heterocycles. The fourth-order valence-corrected chi connectivity index (χ4v) is 5.31. The van der Waals surface area contributed by atoms with Crippen molar-refractivity contribution in [3.05, 3.63) is 94.5 Å². The van der Waals surface area contributed by atoms with Crippen LogP contribution in [-0.4, -0.2) is 5.71 Å². The summed E-state index contributed by atoms with van der Waals surface area (Å²) >= 11 is 3.51. The predicted molar refractivity (Wildman–Crippen MR) is 110 cm³/mol. The number of hydrogen-bond acceptors (Lipinski definition) is 3. The number of nitrogens with zero attached hydrogens (tertiary/aromatic N) is 1. The van der Waals surface area contributed by atoms with Gasteiger partial charge < -0.3 is 4.62 Å². The molecule has 5 heteroatoms. The largest absolute Gasteiger partial charge is 0.330 e. The summed E-state index contributed by atoms with van der Waals surface area (Å²) < 4.78 is 20.6. The maximum atomic E-state index is 13.8. The van der Waals surface area contributed by atoms with Crippen molar-refractivity contribution in [2.75, 3.05) is 0 Å². The minimum Gasteiger partial charge on any atom is -0.330 e. The Morgan fingerprint density at radius 2 is 1.46 bits per heavy atom. The molecule has 3 nitrogen and oxygen atoms in total. The number of fused-ring (bicyclic) bond motifs is 1. The molecule has 0 unspecified atom stereocenters. The summed E-state index contributed by atoms with van der Waals surface area (Å²) in [6.45, 7) is 0. The van der Waals surface area contributed by atoms with Crippen molar-refractivity contribution in [2.45, 2.75) is 12.8 Å². The maximum Gasteiger partial charge on any atom is 0.330 e. The molecule has 0 atom stereocenters. The number of benzene rings is 3. The van der Waals surface area contributed by atoms with E-state index >= 15 is 0 Å². The third-order valence-corrected chi connectivity index (χ3v) is 7.23. The van der Waals surface area contributed by atoms with Crippen molar-refractivity contribution in [2.24, 2.45) is 5.16 Å². The van der Waals surface area contributed by atoms with Gasteiger partial charge in [0.05, 0.1) is 16.3 Å². The van der Waals surface area contributed by atoms with Crippen LogP contribution in [0.15, 0.2) is 88.5 Å². The molecular formula is C21H17BrNO2P. The molecule has 0 fully saturated rings. The third-order valence-electron chi connectivity index (χ3n) is 4.47. The lowest BCUT2D eigenvalue weighted by Gasteiger charge is -2.17. The number of oxime groups is 1. The van der Waals surface area contributed by atoms with E-state index in [1.165, 1.54) is 5.56 Å². The van der Waals surface area contributed by atoms with Gasteiger partial charge in [-0.2, -0.15) is 0 Å². The van der Waals surface area contributed by atoms with Crippen LogP contribution in [0.3, 0.4) is 0 Å². The minimum atomic E-state index is -3.30. The average Bonchev–Trinajstić information content (AvgIpc) is 3.09. The van der Waals surface area contributed by atoms with Gasteiger partial charge in [0, 0.05) is 10.0 Å². The molecule has 0 saturated carbocycles. The molecule has 1 aliphatic carbocycles. The zero-order valence-electron chi connectivity index (χ0n) is 14.0. The Labute approximate surface area is 161 Å². The van der Waals surface area contributed by atoms with Gasteiger partial charge in [0.2, 0.25) is 0 Å². The molecule has 0 amide bonds. The first-order valence-electron chi connectivity index (χ1n) is 8.42. The van der Waals surface area contributed by atoms with Crippen LogP contribution in [0.1, 0.15) is 17.5 Å². The first-order valence-corrected chi connectivity index (χ1v) is 10.8. The zero-order valence-corrected chi connectivity index (χ0v) is 16.5. The van der Waals surface area contributed by atoms with Gasteiger partial charge in [0.1, 0.15) is 0 Å². The van der Waals surface area contributed by atoms with E-state index in [-0.39, 0.29) is 0 Å². The van der Waals surface area contributed by atoms with Crippen molar-refractivity contribution in [3.63, 3.8) is 0 Å². The summed E-state index contributed by atoms with van der Waals surface area (Å²) in [5.41, 5.74) is 3.14. The van der Waals surface area contributed by atoms with Gasteiger partial charge in [-0.05, 0) is 54.8 Å².